The molecule has 0 aromatic heterocycles. The number of rotatable bonds is 6. The van der Waals surface area contributed by atoms with Crippen molar-refractivity contribution in [3.8, 4) is 0 Å². The van der Waals surface area contributed by atoms with Crippen LogP contribution in [-0.4, -0.2) is 28.9 Å². The largest absolute Gasteiger partial charge is 0.481 e. The Hall–Kier alpha value is -1.68. The zero-order chi connectivity index (χ0) is 14.0. The number of hydrogen-bond acceptors (Lipinski definition) is 3. The molecule has 1 aliphatic rings. The lowest BCUT2D eigenvalue weighted by Crippen LogP contribution is -2.40. The number of ketones is 1. The Labute approximate surface area is 112 Å². The maximum atomic E-state index is 12.5. The van der Waals surface area contributed by atoms with Gasteiger partial charge >= 0.3 is 5.97 Å². The Morgan fingerprint density at radius 2 is 2.05 bits per heavy atom. The predicted octanol–water partition coefficient (Wildman–Crippen LogP) is 2.08. The van der Waals surface area contributed by atoms with Gasteiger partial charge in [-0.15, -0.1) is 0 Å². The van der Waals surface area contributed by atoms with Gasteiger partial charge in [0, 0.05) is 11.6 Å². The maximum Gasteiger partial charge on any atom is 0.305 e. The number of Topliss-reactive ketones (excluding diaryl/α,β-unsaturated/α-hetero) is 1. The van der Waals surface area contributed by atoms with E-state index in [1.54, 1.807) is 0 Å². The molecule has 0 bridgehead atoms. The van der Waals surface area contributed by atoms with Crippen LogP contribution in [0.1, 0.15) is 40.7 Å². The summed E-state index contributed by atoms with van der Waals surface area (Å²) in [7, 11) is 0. The van der Waals surface area contributed by atoms with E-state index in [0.717, 1.165) is 24.0 Å². The fourth-order valence-corrected chi connectivity index (χ4v) is 2.13. The first kappa shape index (κ1) is 13.7. The van der Waals surface area contributed by atoms with Gasteiger partial charge in [0.25, 0.3) is 0 Å². The normalized spacial score (nSPS) is 16.1. The van der Waals surface area contributed by atoms with Crippen molar-refractivity contribution in [2.45, 2.75) is 45.2 Å². The zero-order valence-corrected chi connectivity index (χ0v) is 11.3. The van der Waals surface area contributed by atoms with Gasteiger partial charge in [0.15, 0.2) is 5.78 Å². The van der Waals surface area contributed by atoms with E-state index in [1.807, 2.05) is 32.0 Å². The molecule has 1 unspecified atom stereocenters. The number of hydrogen-bond donors (Lipinski definition) is 2. The van der Waals surface area contributed by atoms with Gasteiger partial charge in [0.05, 0.1) is 12.5 Å². The van der Waals surface area contributed by atoms with Gasteiger partial charge in [-0.1, -0.05) is 17.7 Å². The lowest BCUT2D eigenvalue weighted by Gasteiger charge is -2.17. The van der Waals surface area contributed by atoms with E-state index in [0.29, 0.717) is 11.6 Å². The molecule has 0 amide bonds. The first-order chi connectivity index (χ1) is 8.97. The van der Waals surface area contributed by atoms with Crippen LogP contribution in [0, 0.1) is 13.8 Å². The number of nitrogens with one attached hydrogen (secondary N) is 1. The first-order valence-electron chi connectivity index (χ1n) is 6.56. The molecule has 0 aliphatic heterocycles. The standard InChI is InChI=1S/C15H19NO3/c1-9-3-4-10(2)12(7-9)15(19)13(8-14(17)18)16-11-5-6-11/h3-4,7,11,13,16H,5-6,8H2,1-2H3,(H,17,18). The summed E-state index contributed by atoms with van der Waals surface area (Å²) in [4.78, 5) is 23.4. The second-order valence-electron chi connectivity index (χ2n) is 5.27. The fraction of sp³-hybridized carbons (Fsp3) is 0.467. The second kappa shape index (κ2) is 5.53. The van der Waals surface area contributed by atoms with E-state index in [2.05, 4.69) is 5.32 Å². The predicted molar refractivity (Wildman–Crippen MR) is 72.4 cm³/mol. The summed E-state index contributed by atoms with van der Waals surface area (Å²) in [5.74, 6) is -1.06. The molecule has 2 N–H and O–H groups in total. The summed E-state index contributed by atoms with van der Waals surface area (Å²) in [6.45, 7) is 3.80. The molecular formula is C15H19NO3. The first-order valence-corrected chi connectivity index (χ1v) is 6.56. The molecular weight excluding hydrogens is 242 g/mol. The Morgan fingerprint density at radius 3 is 2.63 bits per heavy atom. The van der Waals surface area contributed by atoms with Crippen LogP contribution in [0.4, 0.5) is 0 Å². The zero-order valence-electron chi connectivity index (χ0n) is 11.3. The van der Waals surface area contributed by atoms with Gasteiger partial charge in [-0.2, -0.15) is 0 Å². The van der Waals surface area contributed by atoms with Gasteiger partial charge in [-0.25, -0.2) is 0 Å². The highest BCUT2D eigenvalue weighted by atomic mass is 16.4. The lowest BCUT2D eigenvalue weighted by molar-refractivity contribution is -0.137. The molecule has 4 heteroatoms. The van der Waals surface area contributed by atoms with E-state index in [-0.39, 0.29) is 12.2 Å². The van der Waals surface area contributed by atoms with Crippen molar-refractivity contribution in [1.82, 2.24) is 5.32 Å². The molecule has 1 aliphatic carbocycles. The van der Waals surface area contributed by atoms with Crippen LogP contribution in [0.5, 0.6) is 0 Å². The Bertz CT molecular complexity index is 506. The minimum absolute atomic E-state index is 0.115. The number of carbonyl (C=O) groups is 2. The quantitative estimate of drug-likeness (QED) is 0.769. The van der Waals surface area contributed by atoms with E-state index in [4.69, 9.17) is 5.11 Å². The molecule has 1 atom stereocenters. The van der Waals surface area contributed by atoms with Gasteiger partial charge < -0.3 is 10.4 Å². The Morgan fingerprint density at radius 1 is 1.37 bits per heavy atom. The molecule has 0 saturated heterocycles. The molecule has 2 rings (SSSR count). The molecule has 1 aromatic rings. The van der Waals surface area contributed by atoms with E-state index < -0.39 is 12.0 Å². The summed E-state index contributed by atoms with van der Waals surface area (Å²) >= 11 is 0. The molecule has 1 aromatic carbocycles. The average Bonchev–Trinajstić information content (AvgIpc) is 3.14. The van der Waals surface area contributed by atoms with Crippen LogP contribution in [0.2, 0.25) is 0 Å². The van der Waals surface area contributed by atoms with Crippen molar-refractivity contribution >= 4 is 11.8 Å². The summed E-state index contributed by atoms with van der Waals surface area (Å²) < 4.78 is 0. The minimum Gasteiger partial charge on any atom is -0.481 e. The number of carboxylic acids is 1. The van der Waals surface area contributed by atoms with Crippen LogP contribution in [0.25, 0.3) is 0 Å². The van der Waals surface area contributed by atoms with Crippen LogP contribution < -0.4 is 5.32 Å². The van der Waals surface area contributed by atoms with Crippen LogP contribution in [0.3, 0.4) is 0 Å². The highest BCUT2D eigenvalue weighted by Crippen LogP contribution is 2.22. The maximum absolute atomic E-state index is 12.5. The molecule has 19 heavy (non-hydrogen) atoms. The van der Waals surface area contributed by atoms with Crippen molar-refractivity contribution in [3.05, 3.63) is 34.9 Å². The van der Waals surface area contributed by atoms with Crippen LogP contribution >= 0.6 is 0 Å². The number of benzene rings is 1. The van der Waals surface area contributed by atoms with E-state index >= 15 is 0 Å². The van der Waals surface area contributed by atoms with Gasteiger partial charge in [0.2, 0.25) is 0 Å². The summed E-state index contributed by atoms with van der Waals surface area (Å²) in [5, 5.41) is 12.1. The molecule has 1 fully saturated rings. The molecule has 4 nitrogen and oxygen atoms in total. The van der Waals surface area contributed by atoms with Gasteiger partial charge in [-0.05, 0) is 38.3 Å². The SMILES string of the molecule is Cc1ccc(C)c(C(=O)C(CC(=O)O)NC2CC2)c1. The lowest BCUT2D eigenvalue weighted by atomic mass is 9.96. The summed E-state index contributed by atoms with van der Waals surface area (Å²) in [6, 6.07) is 5.37. The third kappa shape index (κ3) is 3.64. The topological polar surface area (TPSA) is 66.4 Å². The van der Waals surface area contributed by atoms with Gasteiger partial charge in [-0.3, -0.25) is 9.59 Å². The molecule has 0 spiro atoms. The highest BCUT2D eigenvalue weighted by molar-refractivity contribution is 6.03. The second-order valence-corrected chi connectivity index (χ2v) is 5.27. The summed E-state index contributed by atoms with van der Waals surface area (Å²) in [6.07, 6.45) is 1.88. The number of carbonyl (C=O) groups excluding carboxylic acids is 1. The Balaban J connectivity index is 2.21. The van der Waals surface area contributed by atoms with E-state index in [9.17, 15) is 9.59 Å². The van der Waals surface area contributed by atoms with Crippen LogP contribution in [0.15, 0.2) is 18.2 Å². The van der Waals surface area contributed by atoms with Crippen molar-refractivity contribution in [2.75, 3.05) is 0 Å². The average molecular weight is 261 g/mol. The van der Waals surface area contributed by atoms with Crippen molar-refractivity contribution in [3.63, 3.8) is 0 Å². The molecule has 0 heterocycles. The van der Waals surface area contributed by atoms with Crippen LogP contribution in [-0.2, 0) is 4.79 Å². The monoisotopic (exact) mass is 261 g/mol. The summed E-state index contributed by atoms with van der Waals surface area (Å²) in [5.41, 5.74) is 2.53. The third-order valence-corrected chi connectivity index (χ3v) is 3.37. The molecule has 0 radical (unpaired) electrons. The van der Waals surface area contributed by atoms with Crippen molar-refractivity contribution in [1.29, 1.82) is 0 Å². The number of carboxylic acid groups (broad SMARTS) is 1. The fourth-order valence-electron chi connectivity index (χ4n) is 2.13. The Kier molecular flexibility index (Phi) is 4.00. The van der Waals surface area contributed by atoms with Crippen molar-refractivity contribution < 1.29 is 14.7 Å². The number of aryl methyl sites for hydroxylation is 2. The number of aliphatic carboxylic acids is 1. The van der Waals surface area contributed by atoms with Gasteiger partial charge in [0.1, 0.15) is 0 Å². The minimum atomic E-state index is -0.947. The third-order valence-electron chi connectivity index (χ3n) is 3.37. The molecule has 102 valence electrons. The smallest absolute Gasteiger partial charge is 0.305 e. The van der Waals surface area contributed by atoms with E-state index in [1.165, 1.54) is 0 Å². The highest BCUT2D eigenvalue weighted by Gasteiger charge is 2.30. The van der Waals surface area contributed by atoms with Crippen molar-refractivity contribution in [2.24, 2.45) is 0 Å². The molecule has 1 saturated carbocycles.